The van der Waals surface area contributed by atoms with Crippen molar-refractivity contribution in [3.05, 3.63) is 95.1 Å². The highest BCUT2D eigenvalue weighted by molar-refractivity contribution is 6.22. The minimum Gasteiger partial charge on any atom is -0.454 e. The molecule has 0 bridgehead atoms. The Hall–Kier alpha value is -4.06. The molecule has 0 unspecified atom stereocenters. The van der Waals surface area contributed by atoms with E-state index < -0.39 is 12.6 Å². The molecule has 0 spiro atoms. The zero-order chi connectivity index (χ0) is 24.4. The van der Waals surface area contributed by atoms with E-state index in [-0.39, 0.29) is 34.8 Å². The number of amides is 2. The molecule has 6 heteroatoms. The molecule has 0 atom stereocenters. The standard InChI is InChI=1S/C29H25NO5/c31-26(21-13-11-20(12-14-21)19-7-3-1-4-8-19)18-35-29(34)22-15-16-24-25(17-22)28(33)30(27(24)32)23-9-5-2-6-10-23/h1,3-4,7-8,11-17,23H,2,5-6,9-10,18H2. The van der Waals surface area contributed by atoms with E-state index in [2.05, 4.69) is 0 Å². The van der Waals surface area contributed by atoms with Crippen LogP contribution in [0.4, 0.5) is 0 Å². The summed E-state index contributed by atoms with van der Waals surface area (Å²) in [5.41, 5.74) is 3.14. The van der Waals surface area contributed by atoms with Gasteiger partial charge in [0, 0.05) is 11.6 Å². The molecule has 1 aliphatic heterocycles. The van der Waals surface area contributed by atoms with E-state index in [9.17, 15) is 19.2 Å². The van der Waals surface area contributed by atoms with Crippen molar-refractivity contribution in [3.8, 4) is 11.1 Å². The summed E-state index contributed by atoms with van der Waals surface area (Å²) >= 11 is 0. The SMILES string of the molecule is O=C(COC(=O)c1ccc2c(c1)C(=O)N(C1CCCCC1)C2=O)c1ccc(-c2ccccc2)cc1. The number of hydrogen-bond acceptors (Lipinski definition) is 5. The number of esters is 1. The fraction of sp³-hybridized carbons (Fsp3) is 0.241. The topological polar surface area (TPSA) is 80.8 Å². The molecule has 35 heavy (non-hydrogen) atoms. The first-order chi connectivity index (χ1) is 17.0. The Morgan fingerprint density at radius 3 is 2.09 bits per heavy atom. The highest BCUT2D eigenvalue weighted by Gasteiger charge is 2.40. The number of ketones is 1. The Morgan fingerprint density at radius 1 is 0.743 bits per heavy atom. The molecule has 3 aromatic rings. The maximum Gasteiger partial charge on any atom is 0.338 e. The molecule has 5 rings (SSSR count). The highest BCUT2D eigenvalue weighted by atomic mass is 16.5. The molecule has 2 aliphatic rings. The molecular weight excluding hydrogens is 442 g/mol. The monoisotopic (exact) mass is 467 g/mol. The molecule has 3 aromatic carbocycles. The van der Waals surface area contributed by atoms with Crippen LogP contribution in [0.1, 0.15) is 73.5 Å². The van der Waals surface area contributed by atoms with Gasteiger partial charge in [-0.15, -0.1) is 0 Å². The summed E-state index contributed by atoms with van der Waals surface area (Å²) in [6.07, 6.45) is 4.74. The number of imide groups is 1. The summed E-state index contributed by atoms with van der Waals surface area (Å²) in [4.78, 5) is 52.3. The van der Waals surface area contributed by atoms with E-state index in [1.165, 1.54) is 23.1 Å². The lowest BCUT2D eigenvalue weighted by Gasteiger charge is -2.29. The van der Waals surface area contributed by atoms with Gasteiger partial charge in [-0.1, -0.05) is 73.9 Å². The van der Waals surface area contributed by atoms with Crippen LogP contribution in [-0.4, -0.2) is 41.1 Å². The molecule has 2 amide bonds. The van der Waals surface area contributed by atoms with Crippen LogP contribution < -0.4 is 0 Å². The molecule has 0 aromatic heterocycles. The van der Waals surface area contributed by atoms with Gasteiger partial charge in [0.05, 0.1) is 16.7 Å². The van der Waals surface area contributed by atoms with Gasteiger partial charge in [-0.05, 0) is 42.2 Å². The molecule has 1 saturated carbocycles. The van der Waals surface area contributed by atoms with Gasteiger partial charge in [-0.2, -0.15) is 0 Å². The largest absolute Gasteiger partial charge is 0.454 e. The van der Waals surface area contributed by atoms with Crippen LogP contribution in [0.5, 0.6) is 0 Å². The van der Waals surface area contributed by atoms with Crippen molar-refractivity contribution in [1.82, 2.24) is 4.90 Å². The fourth-order valence-electron chi connectivity index (χ4n) is 4.83. The number of benzene rings is 3. The zero-order valence-electron chi connectivity index (χ0n) is 19.2. The lowest BCUT2D eigenvalue weighted by molar-refractivity contribution is 0.0474. The highest BCUT2D eigenvalue weighted by Crippen LogP contribution is 2.31. The third-order valence-electron chi connectivity index (χ3n) is 6.74. The summed E-state index contributed by atoms with van der Waals surface area (Å²) in [6, 6.07) is 21.2. The minimum absolute atomic E-state index is 0.0857. The lowest BCUT2D eigenvalue weighted by atomic mass is 9.94. The van der Waals surface area contributed by atoms with E-state index in [4.69, 9.17) is 4.74 Å². The van der Waals surface area contributed by atoms with Crippen LogP contribution in [-0.2, 0) is 4.74 Å². The van der Waals surface area contributed by atoms with Gasteiger partial charge in [0.1, 0.15) is 0 Å². The molecule has 1 aliphatic carbocycles. The summed E-state index contributed by atoms with van der Waals surface area (Å²) in [7, 11) is 0. The zero-order valence-corrected chi connectivity index (χ0v) is 19.2. The molecule has 176 valence electrons. The van der Waals surface area contributed by atoms with Crippen molar-refractivity contribution < 1.29 is 23.9 Å². The molecule has 1 heterocycles. The Labute approximate surface area is 203 Å². The molecule has 0 N–H and O–H groups in total. The summed E-state index contributed by atoms with van der Waals surface area (Å²) in [5.74, 6) is -1.70. The van der Waals surface area contributed by atoms with Crippen LogP contribution in [0.2, 0.25) is 0 Å². The maximum absolute atomic E-state index is 13.0. The quantitative estimate of drug-likeness (QED) is 0.278. The Kier molecular flexibility index (Phi) is 6.27. The number of Topliss-reactive ketones (excluding diaryl/α,β-unsaturated/α-hetero) is 1. The van der Waals surface area contributed by atoms with Gasteiger partial charge in [-0.25, -0.2) is 4.79 Å². The second-order valence-corrected chi connectivity index (χ2v) is 8.98. The van der Waals surface area contributed by atoms with Crippen molar-refractivity contribution in [2.45, 2.75) is 38.1 Å². The van der Waals surface area contributed by atoms with Crippen LogP contribution in [0.15, 0.2) is 72.8 Å². The van der Waals surface area contributed by atoms with E-state index in [0.29, 0.717) is 11.1 Å². The first-order valence-electron chi connectivity index (χ1n) is 11.9. The average molecular weight is 468 g/mol. The van der Waals surface area contributed by atoms with Crippen molar-refractivity contribution in [2.24, 2.45) is 0 Å². The second kappa shape index (κ2) is 9.66. The third kappa shape index (κ3) is 4.52. The number of carbonyl (C=O) groups excluding carboxylic acids is 4. The Morgan fingerprint density at radius 2 is 1.37 bits per heavy atom. The molecule has 0 radical (unpaired) electrons. The van der Waals surface area contributed by atoms with Crippen molar-refractivity contribution >= 4 is 23.6 Å². The Balaban J connectivity index is 1.23. The number of hydrogen-bond donors (Lipinski definition) is 0. The molecule has 0 saturated heterocycles. The van der Waals surface area contributed by atoms with Crippen molar-refractivity contribution in [2.75, 3.05) is 6.61 Å². The summed E-state index contributed by atoms with van der Waals surface area (Å²) < 4.78 is 5.23. The number of nitrogens with zero attached hydrogens (tertiary/aromatic N) is 1. The minimum atomic E-state index is -0.710. The average Bonchev–Trinajstić information content (AvgIpc) is 3.17. The first kappa shape index (κ1) is 22.7. The van der Waals surface area contributed by atoms with Crippen LogP contribution >= 0.6 is 0 Å². The van der Waals surface area contributed by atoms with Crippen LogP contribution in [0.25, 0.3) is 11.1 Å². The summed E-state index contributed by atoms with van der Waals surface area (Å²) in [5, 5.41) is 0. The first-order valence-corrected chi connectivity index (χ1v) is 11.9. The van der Waals surface area contributed by atoms with Crippen molar-refractivity contribution in [3.63, 3.8) is 0 Å². The van der Waals surface area contributed by atoms with E-state index in [1.807, 2.05) is 42.5 Å². The van der Waals surface area contributed by atoms with Gasteiger partial charge in [0.25, 0.3) is 11.8 Å². The van der Waals surface area contributed by atoms with Gasteiger partial charge in [0.2, 0.25) is 0 Å². The number of carbonyl (C=O) groups is 4. The van der Waals surface area contributed by atoms with Crippen LogP contribution in [0, 0.1) is 0 Å². The summed E-state index contributed by atoms with van der Waals surface area (Å²) in [6.45, 7) is -0.415. The predicted octanol–water partition coefficient (Wildman–Crippen LogP) is 5.32. The second-order valence-electron chi connectivity index (χ2n) is 8.98. The van der Waals surface area contributed by atoms with Crippen LogP contribution in [0.3, 0.4) is 0 Å². The van der Waals surface area contributed by atoms with Crippen molar-refractivity contribution in [1.29, 1.82) is 0 Å². The molecule has 6 nitrogen and oxygen atoms in total. The Bertz CT molecular complexity index is 1290. The van der Waals surface area contributed by atoms with E-state index in [1.54, 1.807) is 12.1 Å². The number of fused-ring (bicyclic) bond motifs is 1. The van der Waals surface area contributed by atoms with Gasteiger partial charge in [-0.3, -0.25) is 19.3 Å². The number of ether oxygens (including phenoxy) is 1. The molecule has 1 fully saturated rings. The van der Waals surface area contributed by atoms with E-state index >= 15 is 0 Å². The van der Waals surface area contributed by atoms with Gasteiger partial charge < -0.3 is 4.74 Å². The third-order valence-corrected chi connectivity index (χ3v) is 6.74. The van der Waals surface area contributed by atoms with E-state index in [0.717, 1.165) is 43.2 Å². The lowest BCUT2D eigenvalue weighted by Crippen LogP contribution is -2.40. The smallest absolute Gasteiger partial charge is 0.338 e. The maximum atomic E-state index is 13.0. The fourth-order valence-corrected chi connectivity index (χ4v) is 4.83. The number of rotatable bonds is 6. The normalized spacial score (nSPS) is 15.7. The van der Waals surface area contributed by atoms with Gasteiger partial charge >= 0.3 is 5.97 Å². The molecular formula is C29H25NO5. The predicted molar refractivity (Wildman–Crippen MR) is 130 cm³/mol. The van der Waals surface area contributed by atoms with Gasteiger partial charge in [0.15, 0.2) is 12.4 Å².